The monoisotopic (exact) mass is 248 g/mol. The number of hydrogen-bond acceptors (Lipinski definition) is 5. The Labute approximate surface area is 103 Å². The van der Waals surface area contributed by atoms with Crippen molar-refractivity contribution >= 4 is 5.69 Å². The van der Waals surface area contributed by atoms with Gasteiger partial charge in [0.25, 0.3) is 5.69 Å². The largest absolute Gasteiger partial charge is 0.387 e. The van der Waals surface area contributed by atoms with Gasteiger partial charge in [-0.2, -0.15) is 0 Å². The molecule has 0 aliphatic rings. The van der Waals surface area contributed by atoms with Gasteiger partial charge in [0.1, 0.15) is 5.69 Å². The second kappa shape index (κ2) is 4.53. The lowest BCUT2D eigenvalue weighted by molar-refractivity contribution is -0.384. The van der Waals surface area contributed by atoms with E-state index >= 15 is 0 Å². The predicted molar refractivity (Wildman–Crippen MR) is 63.4 cm³/mol. The third kappa shape index (κ3) is 2.21. The number of non-ortho nitro benzene ring substituents is 1. The fourth-order valence-electron chi connectivity index (χ4n) is 1.54. The van der Waals surface area contributed by atoms with Crippen molar-refractivity contribution in [3.63, 3.8) is 0 Å². The van der Waals surface area contributed by atoms with Crippen molar-refractivity contribution in [1.29, 1.82) is 0 Å². The highest BCUT2D eigenvalue weighted by atomic mass is 16.6. The molecule has 2 rings (SSSR count). The number of rotatable bonds is 3. The maximum absolute atomic E-state index is 10.7. The van der Waals surface area contributed by atoms with E-state index in [1.54, 1.807) is 19.2 Å². The lowest BCUT2D eigenvalue weighted by atomic mass is 10.2. The van der Waals surface area contributed by atoms with Crippen molar-refractivity contribution < 1.29 is 10.0 Å². The summed E-state index contributed by atoms with van der Waals surface area (Å²) in [5, 5.41) is 27.8. The van der Waals surface area contributed by atoms with Gasteiger partial charge >= 0.3 is 0 Å². The third-order valence-electron chi connectivity index (χ3n) is 2.59. The highest BCUT2D eigenvalue weighted by Crippen LogP contribution is 2.21. The first-order valence-corrected chi connectivity index (χ1v) is 5.35. The number of nitrogens with zero attached hydrogens (tertiary/aromatic N) is 4. The Morgan fingerprint density at radius 1 is 1.50 bits per heavy atom. The molecule has 7 heteroatoms. The average Bonchev–Trinajstić information content (AvgIpc) is 2.78. The zero-order valence-corrected chi connectivity index (χ0v) is 9.94. The molecule has 0 aliphatic heterocycles. The van der Waals surface area contributed by atoms with Crippen molar-refractivity contribution in [2.45, 2.75) is 20.0 Å². The van der Waals surface area contributed by atoms with Gasteiger partial charge in [-0.25, -0.2) is 4.68 Å². The normalized spacial score (nSPS) is 12.4. The van der Waals surface area contributed by atoms with Crippen molar-refractivity contribution in [2.24, 2.45) is 0 Å². The van der Waals surface area contributed by atoms with Crippen LogP contribution in [0, 0.1) is 17.0 Å². The summed E-state index contributed by atoms with van der Waals surface area (Å²) in [7, 11) is 0. The lowest BCUT2D eigenvalue weighted by Gasteiger charge is -2.04. The number of aliphatic hydroxyl groups excluding tert-OH is 1. The molecule has 1 atom stereocenters. The van der Waals surface area contributed by atoms with Crippen LogP contribution in [0.1, 0.15) is 24.3 Å². The van der Waals surface area contributed by atoms with Gasteiger partial charge in [-0.05, 0) is 19.4 Å². The Bertz CT molecular complexity index is 592. The van der Waals surface area contributed by atoms with Crippen LogP contribution in [0.2, 0.25) is 0 Å². The molecule has 0 fully saturated rings. The highest BCUT2D eigenvalue weighted by Gasteiger charge is 2.13. The molecule has 1 aromatic heterocycles. The molecular formula is C11H12N4O3. The standard InChI is InChI=1S/C11H12N4O3/c1-7-3-4-9(15(17)18)5-11(7)14-6-10(8(2)16)12-13-14/h3-6,8,16H,1-2H3. The number of benzene rings is 1. The van der Waals surface area contributed by atoms with Crippen LogP contribution in [0.4, 0.5) is 5.69 Å². The number of aromatic nitrogens is 3. The van der Waals surface area contributed by atoms with Crippen LogP contribution in [0.25, 0.3) is 5.69 Å². The van der Waals surface area contributed by atoms with Gasteiger partial charge in [-0.3, -0.25) is 10.1 Å². The fraction of sp³-hybridized carbons (Fsp3) is 0.273. The van der Waals surface area contributed by atoms with Crippen LogP contribution in [0.15, 0.2) is 24.4 Å². The van der Waals surface area contributed by atoms with Crippen LogP contribution in [-0.4, -0.2) is 25.0 Å². The molecule has 0 radical (unpaired) electrons. The molecule has 0 saturated carbocycles. The molecule has 0 spiro atoms. The molecular weight excluding hydrogens is 236 g/mol. The van der Waals surface area contributed by atoms with Gasteiger partial charge in [-0.1, -0.05) is 11.3 Å². The second-order valence-electron chi connectivity index (χ2n) is 3.99. The molecule has 1 aromatic carbocycles. The topological polar surface area (TPSA) is 94.1 Å². The van der Waals surface area contributed by atoms with Crippen LogP contribution < -0.4 is 0 Å². The van der Waals surface area contributed by atoms with Gasteiger partial charge in [-0.15, -0.1) is 5.10 Å². The lowest BCUT2D eigenvalue weighted by Crippen LogP contribution is -1.99. The van der Waals surface area contributed by atoms with Gasteiger partial charge in [0.05, 0.1) is 22.9 Å². The minimum absolute atomic E-state index is 0.00954. The summed E-state index contributed by atoms with van der Waals surface area (Å²) in [6, 6.07) is 4.51. The van der Waals surface area contributed by atoms with Gasteiger partial charge in [0, 0.05) is 12.1 Å². The van der Waals surface area contributed by atoms with Crippen molar-refractivity contribution in [3.05, 3.63) is 45.8 Å². The van der Waals surface area contributed by atoms with E-state index in [0.717, 1.165) is 5.56 Å². The zero-order valence-electron chi connectivity index (χ0n) is 9.94. The van der Waals surface area contributed by atoms with E-state index in [-0.39, 0.29) is 5.69 Å². The number of nitro groups is 1. The highest BCUT2D eigenvalue weighted by molar-refractivity contribution is 5.48. The number of nitro benzene ring substituents is 1. The van der Waals surface area contributed by atoms with E-state index in [2.05, 4.69) is 10.3 Å². The molecule has 94 valence electrons. The Kier molecular flexibility index (Phi) is 3.07. The van der Waals surface area contributed by atoms with E-state index < -0.39 is 11.0 Å². The molecule has 0 amide bonds. The van der Waals surface area contributed by atoms with Crippen molar-refractivity contribution in [1.82, 2.24) is 15.0 Å². The molecule has 1 N–H and O–H groups in total. The van der Waals surface area contributed by atoms with E-state index in [1.807, 2.05) is 6.92 Å². The van der Waals surface area contributed by atoms with E-state index in [0.29, 0.717) is 11.4 Å². The van der Waals surface area contributed by atoms with Gasteiger partial charge in [0.2, 0.25) is 0 Å². The number of hydrogen-bond donors (Lipinski definition) is 1. The quantitative estimate of drug-likeness (QED) is 0.656. The summed E-state index contributed by atoms with van der Waals surface area (Å²) in [4.78, 5) is 10.3. The molecule has 18 heavy (non-hydrogen) atoms. The molecule has 1 heterocycles. The molecule has 0 saturated heterocycles. The minimum atomic E-state index is -0.724. The molecule has 7 nitrogen and oxygen atoms in total. The number of aliphatic hydroxyl groups is 1. The summed E-state index contributed by atoms with van der Waals surface area (Å²) in [6.07, 6.45) is 0.828. The third-order valence-corrected chi connectivity index (χ3v) is 2.59. The number of aryl methyl sites for hydroxylation is 1. The fourth-order valence-corrected chi connectivity index (χ4v) is 1.54. The Hall–Kier alpha value is -2.28. The maximum Gasteiger partial charge on any atom is 0.271 e. The first-order chi connectivity index (χ1) is 8.49. The first kappa shape index (κ1) is 12.2. The molecule has 0 bridgehead atoms. The minimum Gasteiger partial charge on any atom is -0.387 e. The van der Waals surface area contributed by atoms with E-state index in [9.17, 15) is 15.2 Å². The Balaban J connectivity index is 2.48. The predicted octanol–water partition coefficient (Wildman–Crippen LogP) is 1.54. The van der Waals surface area contributed by atoms with Crippen LogP contribution >= 0.6 is 0 Å². The van der Waals surface area contributed by atoms with Gasteiger partial charge < -0.3 is 5.11 Å². The Morgan fingerprint density at radius 2 is 2.22 bits per heavy atom. The van der Waals surface area contributed by atoms with E-state index in [4.69, 9.17) is 0 Å². The summed E-state index contributed by atoms with van der Waals surface area (Å²) >= 11 is 0. The maximum atomic E-state index is 10.7. The first-order valence-electron chi connectivity index (χ1n) is 5.35. The molecule has 2 aromatic rings. The molecule has 0 aliphatic carbocycles. The second-order valence-corrected chi connectivity index (χ2v) is 3.99. The van der Waals surface area contributed by atoms with Crippen molar-refractivity contribution in [2.75, 3.05) is 0 Å². The van der Waals surface area contributed by atoms with Crippen molar-refractivity contribution in [3.8, 4) is 5.69 Å². The smallest absolute Gasteiger partial charge is 0.271 e. The van der Waals surface area contributed by atoms with Crippen LogP contribution in [0.5, 0.6) is 0 Å². The molecule has 1 unspecified atom stereocenters. The summed E-state index contributed by atoms with van der Waals surface area (Å²) < 4.78 is 1.42. The summed E-state index contributed by atoms with van der Waals surface area (Å²) in [6.45, 7) is 3.40. The average molecular weight is 248 g/mol. The Morgan fingerprint density at radius 3 is 2.78 bits per heavy atom. The van der Waals surface area contributed by atoms with Crippen LogP contribution in [-0.2, 0) is 0 Å². The van der Waals surface area contributed by atoms with Crippen LogP contribution in [0.3, 0.4) is 0 Å². The van der Waals surface area contributed by atoms with E-state index in [1.165, 1.54) is 16.8 Å². The summed E-state index contributed by atoms with van der Waals surface area (Å²) in [5.41, 5.74) is 1.82. The van der Waals surface area contributed by atoms with Gasteiger partial charge in [0.15, 0.2) is 0 Å². The summed E-state index contributed by atoms with van der Waals surface area (Å²) in [5.74, 6) is 0. The SMILES string of the molecule is Cc1ccc([N+](=O)[O-])cc1-n1cc(C(C)O)nn1. The zero-order chi connectivity index (χ0) is 13.3.